The molecule has 1 atom stereocenters. The van der Waals surface area contributed by atoms with Gasteiger partial charge in [-0.05, 0) is 42.0 Å². The molecule has 1 aliphatic rings. The maximum atomic E-state index is 6.10. The van der Waals surface area contributed by atoms with Crippen LogP contribution in [0.25, 0.3) is 0 Å². The molecule has 5 heteroatoms. The van der Waals surface area contributed by atoms with Crippen molar-refractivity contribution in [1.82, 2.24) is 9.97 Å². The van der Waals surface area contributed by atoms with Gasteiger partial charge in [-0.2, -0.15) is 4.98 Å². The zero-order valence-electron chi connectivity index (χ0n) is 10.2. The maximum Gasteiger partial charge on any atom is 0.224 e. The van der Waals surface area contributed by atoms with Crippen LogP contribution in [0.5, 0.6) is 0 Å². The number of benzene rings is 1. The van der Waals surface area contributed by atoms with Gasteiger partial charge in [-0.1, -0.05) is 35.9 Å². The summed E-state index contributed by atoms with van der Waals surface area (Å²) in [4.78, 5) is 8.01. The van der Waals surface area contributed by atoms with Crippen molar-refractivity contribution in [1.29, 1.82) is 0 Å². The molecule has 98 valence electrons. The Labute approximate surface area is 122 Å². The standard InChI is InChI=1S/C14H13Cl2N3/c15-11-8-17-14(16)19-13(11)18-12-7-3-5-9-4-1-2-6-10(9)12/h1-2,4,6,8,12H,3,5,7H2,(H,17,18,19). The maximum absolute atomic E-state index is 6.10. The zero-order valence-corrected chi connectivity index (χ0v) is 11.7. The van der Waals surface area contributed by atoms with Crippen molar-refractivity contribution in [2.75, 3.05) is 5.32 Å². The minimum absolute atomic E-state index is 0.205. The number of fused-ring (bicyclic) bond motifs is 1. The minimum Gasteiger partial charge on any atom is -0.362 e. The predicted octanol–water partition coefficient (Wildman–Crippen LogP) is 4.27. The van der Waals surface area contributed by atoms with Crippen molar-refractivity contribution in [2.45, 2.75) is 25.3 Å². The Morgan fingerprint density at radius 2 is 2.05 bits per heavy atom. The summed E-state index contributed by atoms with van der Waals surface area (Å²) in [6, 6.07) is 8.71. The number of rotatable bonds is 2. The third kappa shape index (κ3) is 2.67. The molecular formula is C14H13Cl2N3. The van der Waals surface area contributed by atoms with E-state index in [4.69, 9.17) is 23.2 Å². The minimum atomic E-state index is 0.205. The Balaban J connectivity index is 1.90. The van der Waals surface area contributed by atoms with Gasteiger partial charge in [0.1, 0.15) is 10.8 Å². The lowest BCUT2D eigenvalue weighted by atomic mass is 9.88. The molecule has 0 aliphatic heterocycles. The molecule has 0 spiro atoms. The summed E-state index contributed by atoms with van der Waals surface area (Å²) < 4.78 is 0. The molecule has 1 aromatic carbocycles. The molecule has 0 saturated heterocycles. The summed E-state index contributed by atoms with van der Waals surface area (Å²) in [5, 5.41) is 4.08. The predicted molar refractivity (Wildman–Crippen MR) is 77.8 cm³/mol. The van der Waals surface area contributed by atoms with Gasteiger partial charge in [0.2, 0.25) is 5.28 Å². The second-order valence-corrected chi connectivity index (χ2v) is 5.37. The largest absolute Gasteiger partial charge is 0.362 e. The summed E-state index contributed by atoms with van der Waals surface area (Å²) >= 11 is 11.9. The average Bonchev–Trinajstić information content (AvgIpc) is 2.43. The quantitative estimate of drug-likeness (QED) is 0.840. The fourth-order valence-electron chi connectivity index (χ4n) is 2.52. The monoisotopic (exact) mass is 293 g/mol. The van der Waals surface area contributed by atoms with E-state index >= 15 is 0 Å². The van der Waals surface area contributed by atoms with Crippen LogP contribution < -0.4 is 5.32 Å². The van der Waals surface area contributed by atoms with Crippen LogP contribution >= 0.6 is 23.2 Å². The smallest absolute Gasteiger partial charge is 0.224 e. The topological polar surface area (TPSA) is 37.8 Å². The Hall–Kier alpha value is -1.32. The molecule has 1 aromatic heterocycles. The van der Waals surface area contributed by atoms with Gasteiger partial charge in [-0.25, -0.2) is 4.98 Å². The fourth-order valence-corrected chi connectivity index (χ4v) is 2.79. The molecular weight excluding hydrogens is 281 g/mol. The van der Waals surface area contributed by atoms with E-state index in [1.54, 1.807) is 0 Å². The highest BCUT2D eigenvalue weighted by molar-refractivity contribution is 6.33. The second-order valence-electron chi connectivity index (χ2n) is 4.62. The molecule has 0 amide bonds. The number of halogens is 2. The first kappa shape index (κ1) is 12.7. The zero-order chi connectivity index (χ0) is 13.2. The lowest BCUT2D eigenvalue weighted by molar-refractivity contribution is 0.598. The van der Waals surface area contributed by atoms with Gasteiger partial charge < -0.3 is 5.32 Å². The lowest BCUT2D eigenvalue weighted by Crippen LogP contribution is -2.18. The number of aryl methyl sites for hydroxylation is 1. The van der Waals surface area contributed by atoms with Crippen LogP contribution in [0.3, 0.4) is 0 Å². The first-order valence-electron chi connectivity index (χ1n) is 6.26. The number of nitrogens with one attached hydrogen (secondary N) is 1. The van der Waals surface area contributed by atoms with Crippen LogP contribution in [-0.4, -0.2) is 9.97 Å². The lowest BCUT2D eigenvalue weighted by Gasteiger charge is -2.27. The first-order chi connectivity index (χ1) is 9.24. The van der Waals surface area contributed by atoms with Crippen molar-refractivity contribution in [3.8, 4) is 0 Å². The van der Waals surface area contributed by atoms with E-state index in [0.29, 0.717) is 10.8 Å². The van der Waals surface area contributed by atoms with Crippen LogP contribution in [0.2, 0.25) is 10.3 Å². The Bertz CT molecular complexity index is 601. The molecule has 2 aromatic rings. The van der Waals surface area contributed by atoms with Gasteiger partial charge in [0.25, 0.3) is 0 Å². The highest BCUT2D eigenvalue weighted by Crippen LogP contribution is 2.33. The van der Waals surface area contributed by atoms with E-state index in [1.807, 2.05) is 0 Å². The Morgan fingerprint density at radius 3 is 2.95 bits per heavy atom. The number of anilines is 1. The molecule has 0 radical (unpaired) electrons. The van der Waals surface area contributed by atoms with Gasteiger partial charge in [0.05, 0.1) is 12.2 Å². The molecule has 1 heterocycles. The fraction of sp³-hybridized carbons (Fsp3) is 0.286. The molecule has 0 bridgehead atoms. The first-order valence-corrected chi connectivity index (χ1v) is 7.02. The summed E-state index contributed by atoms with van der Waals surface area (Å²) in [5.41, 5.74) is 2.71. The number of aromatic nitrogens is 2. The van der Waals surface area contributed by atoms with Crippen molar-refractivity contribution < 1.29 is 0 Å². The van der Waals surface area contributed by atoms with E-state index in [2.05, 4.69) is 39.6 Å². The van der Waals surface area contributed by atoms with Crippen LogP contribution in [0.1, 0.15) is 30.0 Å². The summed E-state index contributed by atoms with van der Waals surface area (Å²) in [5.74, 6) is 0.600. The van der Waals surface area contributed by atoms with Gasteiger partial charge in [-0.15, -0.1) is 0 Å². The third-order valence-corrected chi connectivity index (χ3v) is 3.85. The normalized spacial score (nSPS) is 17.9. The van der Waals surface area contributed by atoms with Crippen LogP contribution in [0.4, 0.5) is 5.82 Å². The van der Waals surface area contributed by atoms with E-state index < -0.39 is 0 Å². The van der Waals surface area contributed by atoms with E-state index in [9.17, 15) is 0 Å². The molecule has 0 saturated carbocycles. The van der Waals surface area contributed by atoms with Crippen molar-refractivity contribution in [2.24, 2.45) is 0 Å². The average molecular weight is 294 g/mol. The number of hydrogen-bond donors (Lipinski definition) is 1. The second kappa shape index (κ2) is 5.35. The summed E-state index contributed by atoms with van der Waals surface area (Å²) in [6.07, 6.45) is 4.88. The molecule has 3 rings (SSSR count). The van der Waals surface area contributed by atoms with Gasteiger partial charge in [0.15, 0.2) is 0 Å². The molecule has 1 N–H and O–H groups in total. The Kier molecular flexibility index (Phi) is 3.58. The highest BCUT2D eigenvalue weighted by Gasteiger charge is 2.20. The number of hydrogen-bond acceptors (Lipinski definition) is 3. The summed E-state index contributed by atoms with van der Waals surface area (Å²) in [6.45, 7) is 0. The van der Waals surface area contributed by atoms with Gasteiger partial charge >= 0.3 is 0 Å². The number of nitrogens with zero attached hydrogens (tertiary/aromatic N) is 2. The Morgan fingerprint density at radius 1 is 1.21 bits per heavy atom. The summed E-state index contributed by atoms with van der Waals surface area (Å²) in [7, 11) is 0. The molecule has 1 aliphatic carbocycles. The van der Waals surface area contributed by atoms with Crippen LogP contribution in [0.15, 0.2) is 30.5 Å². The van der Waals surface area contributed by atoms with E-state index in [0.717, 1.165) is 19.3 Å². The van der Waals surface area contributed by atoms with E-state index in [-0.39, 0.29) is 11.3 Å². The molecule has 1 unspecified atom stereocenters. The van der Waals surface area contributed by atoms with Crippen molar-refractivity contribution in [3.05, 3.63) is 51.9 Å². The van der Waals surface area contributed by atoms with Crippen LogP contribution in [0, 0.1) is 0 Å². The van der Waals surface area contributed by atoms with Gasteiger partial charge in [-0.3, -0.25) is 0 Å². The third-order valence-electron chi connectivity index (χ3n) is 3.40. The SMILES string of the molecule is Clc1ncc(Cl)c(NC2CCCc3ccccc32)n1. The van der Waals surface area contributed by atoms with Crippen molar-refractivity contribution in [3.63, 3.8) is 0 Å². The molecule has 19 heavy (non-hydrogen) atoms. The molecule has 3 nitrogen and oxygen atoms in total. The van der Waals surface area contributed by atoms with Crippen molar-refractivity contribution >= 4 is 29.0 Å². The van der Waals surface area contributed by atoms with Crippen LogP contribution in [-0.2, 0) is 6.42 Å². The molecule has 0 fully saturated rings. The highest BCUT2D eigenvalue weighted by atomic mass is 35.5. The van der Waals surface area contributed by atoms with E-state index in [1.165, 1.54) is 17.3 Å². The van der Waals surface area contributed by atoms with Gasteiger partial charge in [0, 0.05) is 0 Å².